The average molecular weight is 812 g/mol. The number of carbonyl (C=O) groups excluding carboxylic acids is 3. The molecule has 2 amide bonds. The molecule has 1 unspecified atom stereocenters. The lowest BCUT2D eigenvalue weighted by Crippen LogP contribution is -2.59. The number of aromatic amines is 2. The number of H-pyrrole nitrogens is 2. The molecule has 13 nitrogen and oxygen atoms in total. The number of amides is 2. The number of hydrogen-bond donors (Lipinski definition) is 3. The highest BCUT2D eigenvalue weighted by Gasteiger charge is 2.49. The Morgan fingerprint density at radius 2 is 1.42 bits per heavy atom. The lowest BCUT2D eigenvalue weighted by Gasteiger charge is -2.47. The van der Waals surface area contributed by atoms with Gasteiger partial charge in [-0.05, 0) is 66.6 Å². The van der Waals surface area contributed by atoms with Crippen molar-refractivity contribution >= 4 is 29.6 Å². The Labute approximate surface area is 347 Å². The van der Waals surface area contributed by atoms with E-state index in [0.29, 0.717) is 18.1 Å². The van der Waals surface area contributed by atoms with Gasteiger partial charge in [0.15, 0.2) is 18.1 Å². The van der Waals surface area contributed by atoms with Crippen molar-refractivity contribution in [3.63, 3.8) is 0 Å². The first-order valence-corrected chi connectivity index (χ1v) is 21.3. The molecule has 6 aromatic rings. The van der Waals surface area contributed by atoms with E-state index in [2.05, 4.69) is 104 Å². The minimum Gasteiger partial charge on any atom is -0.436 e. The van der Waals surface area contributed by atoms with Crippen molar-refractivity contribution in [1.82, 2.24) is 39.6 Å². The number of likely N-dealkylation sites (N-methyl/N-ethyl adjacent to an activating group) is 1. The molecule has 3 aromatic heterocycles. The number of thiazole rings is 1. The molecule has 3 aromatic carbocycles. The highest BCUT2D eigenvalue weighted by Crippen LogP contribution is 2.43. The maximum Gasteiger partial charge on any atom is 0.405 e. The second kappa shape index (κ2) is 17.5. The third kappa shape index (κ3) is 7.95. The number of aldehydes is 1. The van der Waals surface area contributed by atoms with Crippen molar-refractivity contribution in [2.45, 2.75) is 69.8 Å². The molecular formula is C45H49N9O4S. The minimum atomic E-state index is -1.06. The number of nitrogens with two attached hydrogens (primary N) is 1. The second-order valence-corrected chi connectivity index (χ2v) is 15.8. The largest absolute Gasteiger partial charge is 0.436 e. The summed E-state index contributed by atoms with van der Waals surface area (Å²) in [6.45, 7) is 7.03. The number of imidazole rings is 2. The van der Waals surface area contributed by atoms with Crippen LogP contribution in [0.4, 0.5) is 4.79 Å². The molecular weight excluding hydrogens is 763 g/mol. The second-order valence-electron chi connectivity index (χ2n) is 15.1. The Balaban J connectivity index is 0.950. The van der Waals surface area contributed by atoms with Crippen LogP contribution in [0.1, 0.15) is 74.5 Å². The van der Waals surface area contributed by atoms with Crippen LogP contribution in [-0.4, -0.2) is 90.2 Å². The van der Waals surface area contributed by atoms with Crippen molar-refractivity contribution in [2.75, 3.05) is 26.2 Å². The fourth-order valence-corrected chi connectivity index (χ4v) is 9.50. The Kier molecular flexibility index (Phi) is 11.8. The summed E-state index contributed by atoms with van der Waals surface area (Å²) in [4.78, 5) is 65.7. The van der Waals surface area contributed by atoms with E-state index >= 15 is 0 Å². The standard InChI is InChI=1S/C45H49N9O4S/c1-3-52(4-2)45(28-55,34-10-6-5-7-11-34)54-23-9-13-39(54)42-48-26-37(51-42)33-20-16-31(17-21-33)30-14-18-32(19-15-30)36-25-47-41(50-36)38-12-8-22-53(38)43(56)40(58-44(46)57)24-35-27-59-29-49-35/h5-7,10-11,14-21,25-29,38-40H,3-4,8-9,12-13,22-24H2,1-2H3,(H2,46,57)(H,47,50)(H,48,51)/t38?,39-,40-,45-/m0/s1. The van der Waals surface area contributed by atoms with Gasteiger partial charge in [-0.1, -0.05) is 92.7 Å². The zero-order valence-corrected chi connectivity index (χ0v) is 34.1. The summed E-state index contributed by atoms with van der Waals surface area (Å²) in [6, 6.07) is 26.5. The van der Waals surface area contributed by atoms with E-state index in [4.69, 9.17) is 15.5 Å². The van der Waals surface area contributed by atoms with E-state index in [1.54, 1.807) is 16.6 Å². The number of carbonyl (C=O) groups is 3. The smallest absolute Gasteiger partial charge is 0.405 e. The van der Waals surface area contributed by atoms with E-state index < -0.39 is 17.9 Å². The lowest BCUT2D eigenvalue weighted by atomic mass is 9.95. The number of rotatable bonds is 15. The zero-order chi connectivity index (χ0) is 40.9. The molecule has 2 aliphatic heterocycles. The molecule has 0 radical (unpaired) electrons. The van der Waals surface area contributed by atoms with Gasteiger partial charge in [-0.2, -0.15) is 0 Å². The Morgan fingerprint density at radius 3 is 1.98 bits per heavy atom. The van der Waals surface area contributed by atoms with Crippen LogP contribution in [0.3, 0.4) is 0 Å². The van der Waals surface area contributed by atoms with E-state index in [1.165, 1.54) is 11.3 Å². The van der Waals surface area contributed by atoms with Gasteiger partial charge in [0.1, 0.15) is 11.6 Å². The number of nitrogens with one attached hydrogen (secondary N) is 2. The number of nitrogens with zero attached hydrogens (tertiary/aromatic N) is 6. The summed E-state index contributed by atoms with van der Waals surface area (Å²) < 4.78 is 5.26. The third-order valence-electron chi connectivity index (χ3n) is 11.8. The molecule has 2 saturated heterocycles. The van der Waals surface area contributed by atoms with Crippen LogP contribution in [0.15, 0.2) is 102 Å². The van der Waals surface area contributed by atoms with Crippen molar-refractivity contribution in [3.05, 3.63) is 125 Å². The molecule has 5 heterocycles. The molecule has 59 heavy (non-hydrogen) atoms. The zero-order valence-electron chi connectivity index (χ0n) is 33.3. The number of hydrogen-bond acceptors (Lipinski definition) is 10. The Morgan fingerprint density at radius 1 is 0.847 bits per heavy atom. The van der Waals surface area contributed by atoms with Gasteiger partial charge in [0.25, 0.3) is 5.91 Å². The van der Waals surface area contributed by atoms with Crippen LogP contribution in [0.25, 0.3) is 33.6 Å². The van der Waals surface area contributed by atoms with Crippen LogP contribution in [0.2, 0.25) is 0 Å². The normalized spacial score (nSPS) is 18.5. The number of ether oxygens (including phenoxy) is 1. The molecule has 4 N–H and O–H groups in total. The molecule has 0 aliphatic carbocycles. The van der Waals surface area contributed by atoms with Gasteiger partial charge in [-0.25, -0.2) is 19.7 Å². The van der Waals surface area contributed by atoms with Gasteiger partial charge >= 0.3 is 6.09 Å². The lowest BCUT2D eigenvalue weighted by molar-refractivity contribution is -0.141. The number of benzene rings is 3. The highest BCUT2D eigenvalue weighted by molar-refractivity contribution is 7.07. The van der Waals surface area contributed by atoms with Gasteiger partial charge < -0.3 is 25.3 Å². The summed E-state index contributed by atoms with van der Waals surface area (Å²) in [5.74, 6) is 1.24. The molecule has 2 fully saturated rings. The summed E-state index contributed by atoms with van der Waals surface area (Å²) in [5.41, 5.74) is 13.7. The van der Waals surface area contributed by atoms with Crippen molar-refractivity contribution < 1.29 is 19.1 Å². The van der Waals surface area contributed by atoms with Crippen LogP contribution >= 0.6 is 11.3 Å². The fourth-order valence-electron chi connectivity index (χ4n) is 8.93. The number of likely N-dealkylation sites (tertiary alicyclic amines) is 2. The molecule has 4 atom stereocenters. The number of primary amides is 1. The minimum absolute atomic E-state index is 0.0346. The molecule has 14 heteroatoms. The van der Waals surface area contributed by atoms with Crippen molar-refractivity contribution in [3.8, 4) is 33.6 Å². The van der Waals surface area contributed by atoms with Crippen LogP contribution < -0.4 is 5.73 Å². The van der Waals surface area contributed by atoms with E-state index in [9.17, 15) is 14.4 Å². The topological polar surface area (TPSA) is 166 Å². The van der Waals surface area contributed by atoms with E-state index in [0.717, 1.165) is 96.6 Å². The van der Waals surface area contributed by atoms with Gasteiger partial charge in [0.05, 0.1) is 47.1 Å². The quantitative estimate of drug-likeness (QED) is 0.0891. The van der Waals surface area contributed by atoms with Crippen molar-refractivity contribution in [2.24, 2.45) is 5.73 Å². The maximum absolute atomic E-state index is 13.6. The Bertz CT molecular complexity index is 2340. The first kappa shape index (κ1) is 39.8. The molecule has 0 bridgehead atoms. The summed E-state index contributed by atoms with van der Waals surface area (Å²) in [7, 11) is 0. The van der Waals surface area contributed by atoms with E-state index in [-0.39, 0.29) is 24.4 Å². The van der Waals surface area contributed by atoms with Crippen LogP contribution in [0.5, 0.6) is 0 Å². The predicted octanol–water partition coefficient (Wildman–Crippen LogP) is 7.49. The molecule has 8 rings (SSSR count). The van der Waals surface area contributed by atoms with Crippen LogP contribution in [-0.2, 0) is 26.4 Å². The summed E-state index contributed by atoms with van der Waals surface area (Å²) in [6.07, 6.45) is 6.34. The molecule has 304 valence electrons. The highest BCUT2D eigenvalue weighted by atomic mass is 32.1. The molecule has 0 spiro atoms. The maximum atomic E-state index is 13.6. The van der Waals surface area contributed by atoms with Gasteiger partial charge in [-0.3, -0.25) is 19.4 Å². The predicted molar refractivity (Wildman–Crippen MR) is 227 cm³/mol. The van der Waals surface area contributed by atoms with Crippen LogP contribution in [0, 0.1) is 0 Å². The monoisotopic (exact) mass is 811 g/mol. The molecule has 0 saturated carbocycles. The summed E-state index contributed by atoms with van der Waals surface area (Å²) in [5, 5.41) is 1.83. The van der Waals surface area contributed by atoms with Crippen molar-refractivity contribution in [1.29, 1.82) is 0 Å². The van der Waals surface area contributed by atoms with Gasteiger partial charge in [0.2, 0.25) is 0 Å². The van der Waals surface area contributed by atoms with E-state index in [1.807, 2.05) is 29.8 Å². The first-order valence-electron chi connectivity index (χ1n) is 20.3. The average Bonchev–Trinajstić information content (AvgIpc) is 4.13. The SMILES string of the molecule is CCN(CC)[C@](C=O)(c1ccccc1)N1CCC[C@H]1c1ncc(-c2ccc(-c3ccc(-c4cnc(C5CCCN5C(=O)[C@H](Cc5cscn5)OC(N)=O)[nH]4)cc3)cc2)[nH]1. The first-order chi connectivity index (χ1) is 28.8. The summed E-state index contributed by atoms with van der Waals surface area (Å²) >= 11 is 1.41. The number of aromatic nitrogens is 5. The fraction of sp³-hybridized carbons (Fsp3) is 0.333. The Hall–Kier alpha value is -5.96. The molecule has 2 aliphatic rings. The van der Waals surface area contributed by atoms with Gasteiger partial charge in [0, 0.05) is 24.9 Å². The van der Waals surface area contributed by atoms with Gasteiger partial charge in [-0.15, -0.1) is 11.3 Å². The third-order valence-corrected chi connectivity index (χ3v) is 12.4.